The van der Waals surface area contributed by atoms with Gasteiger partial charge in [0.15, 0.2) is 0 Å². The summed E-state index contributed by atoms with van der Waals surface area (Å²) in [6.07, 6.45) is 14.5. The number of hydrogen-bond donors (Lipinski definition) is 1. The summed E-state index contributed by atoms with van der Waals surface area (Å²) in [6, 6.07) is 1.79. The highest BCUT2D eigenvalue weighted by Gasteiger charge is 2.37. The van der Waals surface area contributed by atoms with Gasteiger partial charge in [0, 0.05) is 44.2 Å². The third kappa shape index (κ3) is 7.65. The quantitative estimate of drug-likeness (QED) is 0.560. The second-order valence-electron chi connectivity index (χ2n) is 11.1. The van der Waals surface area contributed by atoms with E-state index in [-0.39, 0.29) is 0 Å². The maximum atomic E-state index is 12.9. The standard InChI is InChI=1S/C27H50N4O2/c1-2-14-29-15-11-25(12-16-29)31-17-13-26(30-18-20-33-21-19-30)23(22-31)9-10-27(32)28-24-7-5-3-4-6-8-24/h23-26H,2-22H2,1H3,(H,28,32)/t23-,26+/m0/s1. The molecule has 1 aliphatic carbocycles. The first-order valence-corrected chi connectivity index (χ1v) is 14.3. The van der Waals surface area contributed by atoms with Crippen molar-refractivity contribution < 1.29 is 9.53 Å². The number of likely N-dealkylation sites (tertiary alicyclic amines) is 2. The Morgan fingerprint density at radius 2 is 1.61 bits per heavy atom. The summed E-state index contributed by atoms with van der Waals surface area (Å²) in [6.45, 7) is 12.3. The van der Waals surface area contributed by atoms with Crippen molar-refractivity contribution in [3.05, 3.63) is 0 Å². The van der Waals surface area contributed by atoms with E-state index in [0.29, 0.717) is 30.3 Å². The average Bonchev–Trinajstić information content (AvgIpc) is 3.12. The highest BCUT2D eigenvalue weighted by molar-refractivity contribution is 5.76. The van der Waals surface area contributed by atoms with Gasteiger partial charge >= 0.3 is 0 Å². The predicted molar refractivity (Wildman–Crippen MR) is 134 cm³/mol. The Morgan fingerprint density at radius 3 is 2.30 bits per heavy atom. The minimum Gasteiger partial charge on any atom is -0.379 e. The molecule has 3 aliphatic heterocycles. The van der Waals surface area contributed by atoms with E-state index in [1.165, 1.54) is 96.9 Å². The van der Waals surface area contributed by atoms with E-state index < -0.39 is 0 Å². The molecule has 0 aromatic carbocycles. The SMILES string of the molecule is CCCN1CCC(N2CC[C@@H](N3CCOCC3)[C@@H](CCC(=O)NC3CCCCCC3)C2)CC1. The fourth-order valence-corrected chi connectivity index (χ4v) is 6.92. The van der Waals surface area contributed by atoms with E-state index in [9.17, 15) is 4.79 Å². The Kier molecular flexibility index (Phi) is 10.3. The van der Waals surface area contributed by atoms with Crippen molar-refractivity contribution in [2.24, 2.45) is 5.92 Å². The summed E-state index contributed by atoms with van der Waals surface area (Å²) < 4.78 is 5.64. The fraction of sp³-hybridized carbons (Fsp3) is 0.963. The molecule has 0 unspecified atom stereocenters. The van der Waals surface area contributed by atoms with Crippen molar-refractivity contribution in [1.29, 1.82) is 0 Å². The maximum absolute atomic E-state index is 12.9. The van der Waals surface area contributed by atoms with E-state index in [0.717, 1.165) is 38.8 Å². The molecule has 3 saturated heterocycles. The highest BCUT2D eigenvalue weighted by atomic mass is 16.5. The number of nitrogens with one attached hydrogen (secondary N) is 1. The predicted octanol–water partition coefficient (Wildman–Crippen LogP) is 3.50. The van der Waals surface area contributed by atoms with Crippen LogP contribution in [0.3, 0.4) is 0 Å². The van der Waals surface area contributed by atoms with Gasteiger partial charge in [-0.1, -0.05) is 32.6 Å². The Balaban J connectivity index is 1.30. The molecule has 6 heteroatoms. The molecule has 0 aromatic rings. The van der Waals surface area contributed by atoms with Crippen molar-refractivity contribution in [1.82, 2.24) is 20.0 Å². The molecule has 4 aliphatic rings. The molecule has 4 fully saturated rings. The monoisotopic (exact) mass is 462 g/mol. The molecule has 3 heterocycles. The van der Waals surface area contributed by atoms with Crippen molar-refractivity contribution in [3.8, 4) is 0 Å². The Bertz CT molecular complexity index is 566. The Labute approximate surface area is 202 Å². The molecule has 0 radical (unpaired) electrons. The molecule has 0 aromatic heterocycles. The number of morpholine rings is 1. The van der Waals surface area contributed by atoms with Gasteiger partial charge in [0.05, 0.1) is 13.2 Å². The van der Waals surface area contributed by atoms with Crippen LogP contribution >= 0.6 is 0 Å². The summed E-state index contributed by atoms with van der Waals surface area (Å²) in [4.78, 5) is 21.0. The van der Waals surface area contributed by atoms with Gasteiger partial charge in [0.1, 0.15) is 0 Å². The van der Waals surface area contributed by atoms with Gasteiger partial charge in [-0.2, -0.15) is 0 Å². The van der Waals surface area contributed by atoms with Gasteiger partial charge in [-0.3, -0.25) is 14.6 Å². The van der Waals surface area contributed by atoms with Gasteiger partial charge in [0.2, 0.25) is 5.91 Å². The molecule has 0 spiro atoms. The van der Waals surface area contributed by atoms with E-state index in [2.05, 4.69) is 26.9 Å². The van der Waals surface area contributed by atoms with Crippen LogP contribution in [-0.2, 0) is 9.53 Å². The van der Waals surface area contributed by atoms with Gasteiger partial charge in [0.25, 0.3) is 0 Å². The lowest BCUT2D eigenvalue weighted by molar-refractivity contribution is -0.122. The summed E-state index contributed by atoms with van der Waals surface area (Å²) in [5.74, 6) is 0.901. The summed E-state index contributed by atoms with van der Waals surface area (Å²) >= 11 is 0. The van der Waals surface area contributed by atoms with Crippen LogP contribution in [0.25, 0.3) is 0 Å². The zero-order chi connectivity index (χ0) is 22.9. The van der Waals surface area contributed by atoms with Crippen LogP contribution < -0.4 is 5.32 Å². The number of carbonyl (C=O) groups excluding carboxylic acids is 1. The van der Waals surface area contributed by atoms with Crippen LogP contribution in [0.4, 0.5) is 0 Å². The molecule has 0 bridgehead atoms. The molecule has 1 amide bonds. The molecule has 1 saturated carbocycles. The molecule has 1 N–H and O–H groups in total. The van der Waals surface area contributed by atoms with E-state index in [1.54, 1.807) is 0 Å². The van der Waals surface area contributed by atoms with Crippen LogP contribution in [0.5, 0.6) is 0 Å². The second kappa shape index (κ2) is 13.4. The molecular formula is C27H50N4O2. The van der Waals surface area contributed by atoms with Crippen molar-refractivity contribution in [2.75, 3.05) is 59.0 Å². The number of ether oxygens (including phenoxy) is 1. The molecule has 190 valence electrons. The van der Waals surface area contributed by atoms with Crippen molar-refractivity contribution in [2.45, 2.75) is 102 Å². The number of rotatable bonds is 8. The van der Waals surface area contributed by atoms with Crippen LogP contribution in [-0.4, -0.2) is 97.8 Å². The lowest BCUT2D eigenvalue weighted by atomic mass is 9.85. The first-order chi connectivity index (χ1) is 16.2. The van der Waals surface area contributed by atoms with Gasteiger partial charge in [-0.05, 0) is 77.0 Å². The van der Waals surface area contributed by atoms with Crippen LogP contribution in [0.15, 0.2) is 0 Å². The van der Waals surface area contributed by atoms with Crippen molar-refractivity contribution >= 4 is 5.91 Å². The van der Waals surface area contributed by atoms with E-state index in [1.807, 2.05) is 0 Å². The van der Waals surface area contributed by atoms with Gasteiger partial charge in [-0.25, -0.2) is 0 Å². The van der Waals surface area contributed by atoms with E-state index in [4.69, 9.17) is 4.74 Å². The zero-order valence-electron chi connectivity index (χ0n) is 21.3. The number of hydrogen-bond acceptors (Lipinski definition) is 5. The molecular weight excluding hydrogens is 412 g/mol. The zero-order valence-corrected chi connectivity index (χ0v) is 21.3. The normalized spacial score (nSPS) is 30.2. The maximum Gasteiger partial charge on any atom is 0.220 e. The average molecular weight is 463 g/mol. The Morgan fingerprint density at radius 1 is 0.879 bits per heavy atom. The first-order valence-electron chi connectivity index (χ1n) is 14.3. The second-order valence-corrected chi connectivity index (χ2v) is 11.1. The minimum atomic E-state index is 0.299. The largest absolute Gasteiger partial charge is 0.379 e. The van der Waals surface area contributed by atoms with Crippen LogP contribution in [0.1, 0.15) is 84.0 Å². The lowest BCUT2D eigenvalue weighted by Crippen LogP contribution is -2.57. The smallest absolute Gasteiger partial charge is 0.220 e. The molecule has 6 nitrogen and oxygen atoms in total. The van der Waals surface area contributed by atoms with Crippen molar-refractivity contribution in [3.63, 3.8) is 0 Å². The number of amides is 1. The summed E-state index contributed by atoms with van der Waals surface area (Å²) in [7, 11) is 0. The van der Waals surface area contributed by atoms with Crippen LogP contribution in [0.2, 0.25) is 0 Å². The van der Waals surface area contributed by atoms with E-state index >= 15 is 0 Å². The topological polar surface area (TPSA) is 48.1 Å². The first kappa shape index (κ1) is 25.4. The summed E-state index contributed by atoms with van der Waals surface area (Å²) in [5.41, 5.74) is 0. The highest BCUT2D eigenvalue weighted by Crippen LogP contribution is 2.30. The summed E-state index contributed by atoms with van der Waals surface area (Å²) in [5, 5.41) is 3.39. The third-order valence-electron chi connectivity index (χ3n) is 8.82. The third-order valence-corrected chi connectivity index (χ3v) is 8.82. The molecule has 4 rings (SSSR count). The molecule has 2 atom stereocenters. The lowest BCUT2D eigenvalue weighted by Gasteiger charge is -2.48. The van der Waals surface area contributed by atoms with Gasteiger partial charge < -0.3 is 15.0 Å². The minimum absolute atomic E-state index is 0.299. The fourth-order valence-electron chi connectivity index (χ4n) is 6.92. The van der Waals surface area contributed by atoms with Crippen LogP contribution in [0, 0.1) is 5.92 Å². The van der Waals surface area contributed by atoms with Gasteiger partial charge in [-0.15, -0.1) is 0 Å². The molecule has 33 heavy (non-hydrogen) atoms. The Hall–Kier alpha value is -0.690. The number of piperidine rings is 2. The number of carbonyl (C=O) groups is 1. The number of nitrogens with zero attached hydrogens (tertiary/aromatic N) is 3.